The maximum absolute atomic E-state index is 14.9. The minimum atomic E-state index is -4.84. The number of rotatable bonds is 5. The molecule has 4 fully saturated rings. The van der Waals surface area contributed by atoms with Crippen LogP contribution < -0.4 is 10.6 Å². The van der Waals surface area contributed by atoms with Crippen LogP contribution in [-0.4, -0.2) is 40.4 Å². The molecule has 0 aliphatic heterocycles. The van der Waals surface area contributed by atoms with Gasteiger partial charge in [-0.1, -0.05) is 6.08 Å². The highest BCUT2D eigenvalue weighted by atomic mass is 19.4. The van der Waals surface area contributed by atoms with Crippen molar-refractivity contribution in [3.05, 3.63) is 23.5 Å². The van der Waals surface area contributed by atoms with Crippen molar-refractivity contribution in [3.63, 3.8) is 0 Å². The lowest BCUT2D eigenvalue weighted by molar-refractivity contribution is -0.142. The Morgan fingerprint density at radius 1 is 1.19 bits per heavy atom. The first-order valence-corrected chi connectivity index (χ1v) is 10.9. The smallest absolute Gasteiger partial charge is 0.358 e. The van der Waals surface area contributed by atoms with Gasteiger partial charge in [0, 0.05) is 19.3 Å². The molecule has 4 aliphatic rings. The van der Waals surface area contributed by atoms with E-state index < -0.39 is 34.4 Å². The Balaban J connectivity index is 1.57. The van der Waals surface area contributed by atoms with Crippen molar-refractivity contribution in [1.82, 2.24) is 20.4 Å². The normalized spacial score (nSPS) is 31.8. The van der Waals surface area contributed by atoms with E-state index in [1.165, 1.54) is 13.1 Å². The largest absolute Gasteiger partial charge is 0.434 e. The summed E-state index contributed by atoms with van der Waals surface area (Å²) in [5.74, 6) is -1.03. The number of hydrogen-bond donors (Lipinski definition) is 2. The molecule has 2 atom stereocenters. The van der Waals surface area contributed by atoms with Crippen molar-refractivity contribution in [1.29, 1.82) is 0 Å². The molecule has 6 nitrogen and oxygen atoms in total. The fourth-order valence-corrected chi connectivity index (χ4v) is 5.97. The quantitative estimate of drug-likeness (QED) is 0.662. The predicted octanol–water partition coefficient (Wildman–Crippen LogP) is 3.79. The highest BCUT2D eigenvalue weighted by Gasteiger charge is 2.56. The molecule has 2 unspecified atom stereocenters. The van der Waals surface area contributed by atoms with Crippen LogP contribution in [0.2, 0.25) is 0 Å². The summed E-state index contributed by atoms with van der Waals surface area (Å²) in [4.78, 5) is 24.8. The maximum Gasteiger partial charge on any atom is 0.434 e. The van der Waals surface area contributed by atoms with Gasteiger partial charge in [0.2, 0.25) is 5.91 Å². The molecule has 0 saturated heterocycles. The van der Waals surface area contributed by atoms with Crippen LogP contribution in [0.1, 0.15) is 62.0 Å². The van der Waals surface area contributed by atoms with Gasteiger partial charge < -0.3 is 10.6 Å². The zero-order valence-corrected chi connectivity index (χ0v) is 18.3. The van der Waals surface area contributed by atoms with Gasteiger partial charge in [0.05, 0.1) is 17.2 Å². The van der Waals surface area contributed by atoms with Crippen LogP contribution in [0, 0.1) is 23.2 Å². The van der Waals surface area contributed by atoms with Crippen LogP contribution >= 0.6 is 0 Å². The van der Waals surface area contributed by atoms with Gasteiger partial charge in [-0.05, 0) is 63.7 Å². The van der Waals surface area contributed by atoms with Gasteiger partial charge >= 0.3 is 6.18 Å². The Morgan fingerprint density at radius 3 is 2.34 bits per heavy atom. The molecule has 0 radical (unpaired) electrons. The Morgan fingerprint density at radius 2 is 1.81 bits per heavy atom. The summed E-state index contributed by atoms with van der Waals surface area (Å²) in [7, 11) is 1.43. The van der Waals surface area contributed by atoms with Crippen LogP contribution in [0.3, 0.4) is 0 Å². The SMILES string of the molecule is CNC(=O)C(C)(C)/C=C/n1ncc(C(=O)NC2C3CC4CC2CC(F)(C4)C3)c1C(F)(F)F. The van der Waals surface area contributed by atoms with Crippen LogP contribution in [-0.2, 0) is 11.0 Å². The summed E-state index contributed by atoms with van der Waals surface area (Å²) in [6, 6.07) is -0.324. The first kappa shape index (κ1) is 22.8. The average molecular weight is 456 g/mol. The summed E-state index contributed by atoms with van der Waals surface area (Å²) >= 11 is 0. The standard InChI is InChI=1S/C22H28F4N4O2/c1-20(2,19(32)27-3)4-5-30-17(22(24,25)26)15(11-28-30)18(31)29-16-13-6-12-7-14(16)10-21(23,8-12)9-13/h4-5,11-14,16H,6-10H2,1-3H3,(H,27,32)(H,29,31)/b5-4+. The van der Waals surface area contributed by atoms with Gasteiger partial charge in [-0.25, -0.2) is 9.07 Å². The molecule has 0 spiro atoms. The lowest BCUT2D eigenvalue weighted by atomic mass is 9.53. The second kappa shape index (κ2) is 7.59. The van der Waals surface area contributed by atoms with E-state index in [2.05, 4.69) is 15.7 Å². The maximum atomic E-state index is 14.9. The molecule has 1 aromatic heterocycles. The van der Waals surface area contributed by atoms with E-state index in [1.54, 1.807) is 13.8 Å². The fourth-order valence-electron chi connectivity index (χ4n) is 5.97. The zero-order valence-electron chi connectivity index (χ0n) is 18.3. The molecule has 4 aliphatic carbocycles. The Bertz CT molecular complexity index is 936. The van der Waals surface area contributed by atoms with E-state index in [4.69, 9.17) is 0 Å². The molecular weight excluding hydrogens is 428 g/mol. The van der Waals surface area contributed by atoms with E-state index in [1.807, 2.05) is 0 Å². The van der Waals surface area contributed by atoms with Crippen LogP contribution in [0.5, 0.6) is 0 Å². The fraction of sp³-hybridized carbons (Fsp3) is 0.682. The summed E-state index contributed by atoms with van der Waals surface area (Å²) in [5.41, 5.74) is -4.05. The van der Waals surface area contributed by atoms with E-state index in [0.717, 1.165) is 25.2 Å². The topological polar surface area (TPSA) is 76.0 Å². The summed E-state index contributed by atoms with van der Waals surface area (Å²) in [6.45, 7) is 3.10. The van der Waals surface area contributed by atoms with Gasteiger partial charge in [0.25, 0.3) is 5.91 Å². The summed E-state index contributed by atoms with van der Waals surface area (Å²) in [5, 5.41) is 8.97. The Labute approximate surface area is 183 Å². The highest BCUT2D eigenvalue weighted by Crippen LogP contribution is 2.57. The third kappa shape index (κ3) is 4.03. The summed E-state index contributed by atoms with van der Waals surface area (Å²) < 4.78 is 57.1. The predicted molar refractivity (Wildman–Crippen MR) is 109 cm³/mol. The zero-order chi connectivity index (χ0) is 23.5. The van der Waals surface area contributed by atoms with Crippen molar-refractivity contribution < 1.29 is 27.2 Å². The van der Waals surface area contributed by atoms with Crippen LogP contribution in [0.4, 0.5) is 17.6 Å². The lowest BCUT2D eigenvalue weighted by Crippen LogP contribution is -2.60. The molecule has 0 aromatic carbocycles. The molecule has 1 heterocycles. The van der Waals surface area contributed by atoms with E-state index in [-0.39, 0.29) is 23.8 Å². The van der Waals surface area contributed by atoms with Crippen LogP contribution in [0.25, 0.3) is 6.20 Å². The number of amides is 2. The Kier molecular flexibility index (Phi) is 5.40. The van der Waals surface area contributed by atoms with Crippen molar-refractivity contribution in [2.45, 2.75) is 63.8 Å². The molecule has 2 N–H and O–H groups in total. The molecule has 2 amide bonds. The number of halogens is 4. The van der Waals surface area contributed by atoms with Crippen molar-refractivity contribution in [2.24, 2.45) is 23.2 Å². The third-order valence-corrected chi connectivity index (χ3v) is 7.25. The minimum absolute atomic E-state index is 0.0483. The van der Waals surface area contributed by atoms with Gasteiger partial charge in [0.15, 0.2) is 5.69 Å². The van der Waals surface area contributed by atoms with Crippen molar-refractivity contribution >= 4 is 18.0 Å². The Hall–Kier alpha value is -2.39. The first-order chi connectivity index (χ1) is 14.8. The monoisotopic (exact) mass is 456 g/mol. The molecule has 176 valence electrons. The molecule has 10 heteroatoms. The number of carbonyl (C=O) groups is 2. The number of nitrogens with zero attached hydrogens (tertiary/aromatic N) is 2. The molecular formula is C22H28F4N4O2. The molecule has 1 aromatic rings. The van der Waals surface area contributed by atoms with Crippen LogP contribution in [0.15, 0.2) is 12.3 Å². The van der Waals surface area contributed by atoms with Gasteiger partial charge in [-0.3, -0.25) is 9.59 Å². The molecule has 4 bridgehead atoms. The number of aromatic nitrogens is 2. The van der Waals surface area contributed by atoms with E-state index in [0.29, 0.717) is 29.9 Å². The molecule has 4 saturated carbocycles. The second-order valence-electron chi connectivity index (χ2n) is 10.1. The number of carbonyl (C=O) groups excluding carboxylic acids is 2. The molecule has 32 heavy (non-hydrogen) atoms. The number of nitrogens with one attached hydrogen (secondary N) is 2. The summed E-state index contributed by atoms with van der Waals surface area (Å²) in [6.07, 6.45) is 1.27. The van der Waals surface area contributed by atoms with Gasteiger partial charge in [-0.15, -0.1) is 0 Å². The van der Waals surface area contributed by atoms with Gasteiger partial charge in [-0.2, -0.15) is 18.3 Å². The lowest BCUT2D eigenvalue weighted by Gasteiger charge is -2.56. The van der Waals surface area contributed by atoms with Gasteiger partial charge in [0.1, 0.15) is 5.67 Å². The average Bonchev–Trinajstić information content (AvgIpc) is 3.12. The third-order valence-electron chi connectivity index (χ3n) is 7.25. The number of alkyl halides is 4. The second-order valence-corrected chi connectivity index (χ2v) is 10.1. The van der Waals surface area contributed by atoms with Crippen molar-refractivity contribution in [3.8, 4) is 0 Å². The van der Waals surface area contributed by atoms with E-state index >= 15 is 0 Å². The van der Waals surface area contributed by atoms with Crippen molar-refractivity contribution in [2.75, 3.05) is 7.05 Å². The minimum Gasteiger partial charge on any atom is -0.358 e. The molecule has 5 rings (SSSR count). The highest BCUT2D eigenvalue weighted by molar-refractivity contribution is 5.95. The number of hydrogen-bond acceptors (Lipinski definition) is 3. The first-order valence-electron chi connectivity index (χ1n) is 10.9. The van der Waals surface area contributed by atoms with E-state index in [9.17, 15) is 27.2 Å².